The van der Waals surface area contributed by atoms with Gasteiger partial charge in [-0.15, -0.1) is 5.10 Å². The van der Waals surface area contributed by atoms with Gasteiger partial charge in [-0.1, -0.05) is 47.7 Å². The molecule has 0 unspecified atom stereocenters. The fourth-order valence-corrected chi connectivity index (χ4v) is 2.72. The summed E-state index contributed by atoms with van der Waals surface area (Å²) in [6.45, 7) is 1.23. The fourth-order valence-electron chi connectivity index (χ4n) is 2.72. The van der Waals surface area contributed by atoms with Gasteiger partial charge in [0.2, 0.25) is 5.91 Å². The van der Waals surface area contributed by atoms with E-state index in [-0.39, 0.29) is 23.9 Å². The van der Waals surface area contributed by atoms with Gasteiger partial charge in [0, 0.05) is 13.1 Å². The van der Waals surface area contributed by atoms with Crippen LogP contribution in [0, 0.1) is 0 Å². The van der Waals surface area contributed by atoms with Crippen LogP contribution < -0.4 is 15.4 Å². The van der Waals surface area contributed by atoms with Crippen molar-refractivity contribution in [1.82, 2.24) is 25.6 Å². The minimum absolute atomic E-state index is 0.0980. The maximum atomic E-state index is 12.2. The van der Waals surface area contributed by atoms with E-state index in [2.05, 4.69) is 20.9 Å². The Balaban J connectivity index is 1.41. The van der Waals surface area contributed by atoms with Crippen LogP contribution in [-0.4, -0.2) is 40.5 Å². The molecular weight excluding hydrogens is 370 g/mol. The molecule has 8 nitrogen and oxygen atoms in total. The first kappa shape index (κ1) is 20.1. The second-order valence-electron chi connectivity index (χ2n) is 6.41. The first-order chi connectivity index (χ1) is 14.1. The van der Waals surface area contributed by atoms with Crippen molar-refractivity contribution in [3.63, 3.8) is 0 Å². The zero-order chi connectivity index (χ0) is 20.5. The van der Waals surface area contributed by atoms with Crippen molar-refractivity contribution >= 4 is 11.8 Å². The van der Waals surface area contributed by atoms with Gasteiger partial charge >= 0.3 is 0 Å². The monoisotopic (exact) mass is 393 g/mol. The molecule has 0 aliphatic carbocycles. The Morgan fingerprint density at radius 3 is 2.62 bits per heavy atom. The van der Waals surface area contributed by atoms with Crippen molar-refractivity contribution in [3.8, 4) is 5.75 Å². The Morgan fingerprint density at radius 2 is 1.83 bits per heavy atom. The van der Waals surface area contributed by atoms with Crippen LogP contribution in [0.2, 0.25) is 0 Å². The maximum absolute atomic E-state index is 12.2. The molecule has 1 heterocycles. The standard InChI is InChI=1S/C21H23N5O3/c1-29-18-9-5-8-17(12-18)13-20(27)22-10-11-26-15-19(24-25-26)21(28)23-14-16-6-3-2-4-7-16/h2-9,12,15H,10-11,13-14H2,1H3,(H,22,27)(H,23,28). The van der Waals surface area contributed by atoms with Crippen molar-refractivity contribution in [2.45, 2.75) is 19.5 Å². The van der Waals surface area contributed by atoms with Crippen molar-refractivity contribution in [2.75, 3.05) is 13.7 Å². The second kappa shape index (κ2) is 10.0. The van der Waals surface area contributed by atoms with Gasteiger partial charge in [0.25, 0.3) is 5.91 Å². The third-order valence-electron chi connectivity index (χ3n) is 4.23. The van der Waals surface area contributed by atoms with E-state index in [1.165, 1.54) is 4.68 Å². The number of carbonyl (C=O) groups is 2. The Kier molecular flexibility index (Phi) is 6.94. The number of nitrogens with zero attached hydrogens (tertiary/aromatic N) is 3. The zero-order valence-electron chi connectivity index (χ0n) is 16.2. The molecule has 0 aliphatic rings. The number of hydrogen-bond donors (Lipinski definition) is 2. The Labute approximate surface area is 168 Å². The largest absolute Gasteiger partial charge is 0.497 e. The summed E-state index contributed by atoms with van der Waals surface area (Å²) in [5.41, 5.74) is 2.12. The molecule has 1 aromatic heterocycles. The third-order valence-corrected chi connectivity index (χ3v) is 4.23. The van der Waals surface area contributed by atoms with E-state index in [1.807, 2.05) is 54.6 Å². The molecule has 0 aliphatic heterocycles. The van der Waals surface area contributed by atoms with Crippen LogP contribution in [0.5, 0.6) is 5.75 Å². The van der Waals surface area contributed by atoms with Crippen molar-refractivity contribution < 1.29 is 14.3 Å². The highest BCUT2D eigenvalue weighted by molar-refractivity contribution is 5.91. The molecule has 0 saturated carbocycles. The summed E-state index contributed by atoms with van der Waals surface area (Å²) < 4.78 is 6.69. The molecule has 0 bridgehead atoms. The minimum Gasteiger partial charge on any atom is -0.497 e. The van der Waals surface area contributed by atoms with E-state index >= 15 is 0 Å². The summed E-state index contributed by atoms with van der Waals surface area (Å²) in [6.07, 6.45) is 1.83. The van der Waals surface area contributed by atoms with Crippen molar-refractivity contribution in [3.05, 3.63) is 77.6 Å². The highest BCUT2D eigenvalue weighted by atomic mass is 16.5. The van der Waals surface area contributed by atoms with E-state index in [1.54, 1.807) is 13.3 Å². The normalized spacial score (nSPS) is 10.4. The summed E-state index contributed by atoms with van der Waals surface area (Å²) in [5, 5.41) is 13.5. The lowest BCUT2D eigenvalue weighted by molar-refractivity contribution is -0.120. The lowest BCUT2D eigenvalue weighted by Crippen LogP contribution is -2.28. The van der Waals surface area contributed by atoms with E-state index in [9.17, 15) is 9.59 Å². The van der Waals surface area contributed by atoms with Crippen LogP contribution in [0.25, 0.3) is 0 Å². The van der Waals surface area contributed by atoms with Gasteiger partial charge in [-0.2, -0.15) is 0 Å². The quantitative estimate of drug-likeness (QED) is 0.575. The minimum atomic E-state index is -0.290. The van der Waals surface area contributed by atoms with Crippen LogP contribution in [-0.2, 0) is 24.3 Å². The van der Waals surface area contributed by atoms with Crippen LogP contribution in [0.4, 0.5) is 0 Å². The van der Waals surface area contributed by atoms with Crippen molar-refractivity contribution in [2.24, 2.45) is 0 Å². The van der Waals surface area contributed by atoms with E-state index < -0.39 is 0 Å². The molecule has 0 fully saturated rings. The lowest BCUT2D eigenvalue weighted by Gasteiger charge is -2.06. The van der Waals surface area contributed by atoms with E-state index in [0.29, 0.717) is 19.6 Å². The smallest absolute Gasteiger partial charge is 0.273 e. The highest BCUT2D eigenvalue weighted by Gasteiger charge is 2.11. The number of carbonyl (C=O) groups excluding carboxylic acids is 2. The van der Waals surface area contributed by atoms with E-state index in [0.717, 1.165) is 16.9 Å². The molecule has 3 aromatic rings. The molecular formula is C21H23N5O3. The van der Waals surface area contributed by atoms with Crippen LogP contribution in [0.3, 0.4) is 0 Å². The molecule has 0 atom stereocenters. The summed E-state index contributed by atoms with van der Waals surface area (Å²) in [6, 6.07) is 17.0. The predicted octanol–water partition coefficient (Wildman–Crippen LogP) is 1.58. The molecule has 29 heavy (non-hydrogen) atoms. The van der Waals surface area contributed by atoms with Gasteiger partial charge < -0.3 is 15.4 Å². The molecule has 3 rings (SSSR count). The molecule has 0 radical (unpaired) electrons. The molecule has 0 spiro atoms. The number of amides is 2. The number of nitrogens with one attached hydrogen (secondary N) is 2. The lowest BCUT2D eigenvalue weighted by atomic mass is 10.1. The van der Waals surface area contributed by atoms with Gasteiger partial charge in [-0.3, -0.25) is 9.59 Å². The molecule has 8 heteroatoms. The van der Waals surface area contributed by atoms with Crippen LogP contribution in [0.1, 0.15) is 21.6 Å². The van der Waals surface area contributed by atoms with E-state index in [4.69, 9.17) is 4.74 Å². The first-order valence-electron chi connectivity index (χ1n) is 9.26. The summed E-state index contributed by atoms with van der Waals surface area (Å²) in [7, 11) is 1.59. The number of methoxy groups -OCH3 is 1. The van der Waals surface area contributed by atoms with Crippen LogP contribution in [0.15, 0.2) is 60.8 Å². The highest BCUT2D eigenvalue weighted by Crippen LogP contribution is 2.12. The van der Waals surface area contributed by atoms with Gasteiger partial charge in [-0.05, 0) is 23.3 Å². The number of rotatable bonds is 9. The van der Waals surface area contributed by atoms with Gasteiger partial charge in [0.15, 0.2) is 5.69 Å². The fraction of sp³-hybridized carbons (Fsp3) is 0.238. The molecule has 2 amide bonds. The molecule has 150 valence electrons. The predicted molar refractivity (Wildman–Crippen MR) is 107 cm³/mol. The zero-order valence-corrected chi connectivity index (χ0v) is 16.2. The van der Waals surface area contributed by atoms with Gasteiger partial charge in [-0.25, -0.2) is 4.68 Å². The summed E-state index contributed by atoms with van der Waals surface area (Å²) >= 11 is 0. The Hall–Kier alpha value is -3.68. The second-order valence-corrected chi connectivity index (χ2v) is 6.41. The molecule has 2 N–H and O–H groups in total. The maximum Gasteiger partial charge on any atom is 0.273 e. The average Bonchev–Trinajstić information content (AvgIpc) is 3.22. The van der Waals surface area contributed by atoms with Gasteiger partial charge in [0.1, 0.15) is 5.75 Å². The summed E-state index contributed by atoms with van der Waals surface area (Å²) in [4.78, 5) is 24.2. The van der Waals surface area contributed by atoms with Crippen molar-refractivity contribution in [1.29, 1.82) is 0 Å². The molecule has 2 aromatic carbocycles. The average molecular weight is 393 g/mol. The van der Waals surface area contributed by atoms with Crippen LogP contribution >= 0.6 is 0 Å². The number of hydrogen-bond acceptors (Lipinski definition) is 5. The first-order valence-corrected chi connectivity index (χ1v) is 9.26. The Morgan fingerprint density at radius 1 is 1.03 bits per heavy atom. The molecule has 0 saturated heterocycles. The Bertz CT molecular complexity index is 956. The number of aromatic nitrogens is 3. The number of ether oxygens (including phenoxy) is 1. The third kappa shape index (κ3) is 6.17. The summed E-state index contributed by atoms with van der Waals surface area (Å²) in [5.74, 6) is 0.331. The van der Waals surface area contributed by atoms with Gasteiger partial charge in [0.05, 0.1) is 26.3 Å². The topological polar surface area (TPSA) is 98.1 Å². The number of benzene rings is 2. The SMILES string of the molecule is COc1cccc(CC(=O)NCCn2cc(C(=O)NCc3ccccc3)nn2)c1.